The highest BCUT2D eigenvalue weighted by Gasteiger charge is 2.08. The van der Waals surface area contributed by atoms with Gasteiger partial charge in [0.2, 0.25) is 0 Å². The Balaban J connectivity index is 1.98. The van der Waals surface area contributed by atoms with Crippen molar-refractivity contribution in [2.75, 3.05) is 0 Å². The standard InChI is InChI=1S/C17H10ClNS/c18-13-8-5-12(6-9-13)17-19-16-14-4-2-1-3-11(14)7-10-15(16)20-17/h1-10H. The number of rotatable bonds is 1. The smallest absolute Gasteiger partial charge is 0.124 e. The number of aromatic nitrogens is 1. The summed E-state index contributed by atoms with van der Waals surface area (Å²) in [6.07, 6.45) is 0. The first-order chi connectivity index (χ1) is 9.81. The fourth-order valence-corrected chi connectivity index (χ4v) is 3.49. The number of fused-ring (bicyclic) bond motifs is 3. The molecule has 96 valence electrons. The third-order valence-corrected chi connectivity index (χ3v) is 4.70. The molecule has 4 rings (SSSR count). The Morgan fingerprint density at radius 3 is 2.50 bits per heavy atom. The Kier molecular flexibility index (Phi) is 2.72. The van der Waals surface area contributed by atoms with Crippen molar-refractivity contribution in [1.82, 2.24) is 4.98 Å². The Hall–Kier alpha value is -1.90. The molecule has 0 radical (unpaired) electrons. The summed E-state index contributed by atoms with van der Waals surface area (Å²) in [5, 5.41) is 4.22. The summed E-state index contributed by atoms with van der Waals surface area (Å²) in [5.41, 5.74) is 2.19. The summed E-state index contributed by atoms with van der Waals surface area (Å²) in [6, 6.07) is 20.5. The molecular formula is C17H10ClNS. The topological polar surface area (TPSA) is 12.9 Å². The van der Waals surface area contributed by atoms with E-state index in [0.29, 0.717) is 0 Å². The quantitative estimate of drug-likeness (QED) is 0.434. The highest BCUT2D eigenvalue weighted by molar-refractivity contribution is 7.21. The minimum Gasteiger partial charge on any atom is -0.235 e. The monoisotopic (exact) mass is 295 g/mol. The first-order valence-corrected chi connectivity index (χ1v) is 7.55. The lowest BCUT2D eigenvalue weighted by atomic mass is 10.1. The van der Waals surface area contributed by atoms with Crippen molar-refractivity contribution < 1.29 is 0 Å². The maximum atomic E-state index is 5.94. The van der Waals surface area contributed by atoms with E-state index in [1.807, 2.05) is 24.3 Å². The van der Waals surface area contributed by atoms with E-state index in [1.165, 1.54) is 15.5 Å². The summed E-state index contributed by atoms with van der Waals surface area (Å²) < 4.78 is 1.22. The number of benzene rings is 3. The number of thiazole rings is 1. The van der Waals surface area contributed by atoms with E-state index >= 15 is 0 Å². The summed E-state index contributed by atoms with van der Waals surface area (Å²) in [5.74, 6) is 0. The van der Waals surface area contributed by atoms with Crippen molar-refractivity contribution in [1.29, 1.82) is 0 Å². The zero-order valence-corrected chi connectivity index (χ0v) is 12.1. The van der Waals surface area contributed by atoms with Gasteiger partial charge in [0.25, 0.3) is 0 Å². The molecule has 0 aliphatic heterocycles. The molecular weight excluding hydrogens is 286 g/mol. The first kappa shape index (κ1) is 11.9. The number of nitrogens with zero attached hydrogens (tertiary/aromatic N) is 1. The van der Waals surface area contributed by atoms with Gasteiger partial charge >= 0.3 is 0 Å². The predicted octanol–water partition coefficient (Wildman–Crippen LogP) is 5.77. The molecule has 0 saturated carbocycles. The molecule has 0 spiro atoms. The van der Waals surface area contributed by atoms with Gasteiger partial charge in [-0.25, -0.2) is 4.98 Å². The molecule has 0 bridgehead atoms. The van der Waals surface area contributed by atoms with E-state index < -0.39 is 0 Å². The lowest BCUT2D eigenvalue weighted by molar-refractivity contribution is 1.49. The Bertz CT molecular complexity index is 909. The molecule has 1 nitrogen and oxygen atoms in total. The second-order valence-corrected chi connectivity index (χ2v) is 6.13. The molecule has 0 amide bonds. The Morgan fingerprint density at radius 2 is 1.65 bits per heavy atom. The summed E-state index contributed by atoms with van der Waals surface area (Å²) >= 11 is 7.66. The molecule has 3 heteroatoms. The van der Waals surface area contributed by atoms with Crippen LogP contribution in [0.15, 0.2) is 60.7 Å². The van der Waals surface area contributed by atoms with Crippen molar-refractivity contribution in [3.8, 4) is 10.6 Å². The van der Waals surface area contributed by atoms with Gasteiger partial charge < -0.3 is 0 Å². The van der Waals surface area contributed by atoms with Crippen molar-refractivity contribution in [2.45, 2.75) is 0 Å². The van der Waals surface area contributed by atoms with Gasteiger partial charge in [0.1, 0.15) is 5.01 Å². The molecule has 0 aliphatic carbocycles. The zero-order valence-electron chi connectivity index (χ0n) is 10.5. The highest BCUT2D eigenvalue weighted by Crippen LogP contribution is 2.34. The minimum absolute atomic E-state index is 0.750. The van der Waals surface area contributed by atoms with Crippen LogP contribution in [0.5, 0.6) is 0 Å². The third kappa shape index (κ3) is 1.89. The van der Waals surface area contributed by atoms with Gasteiger partial charge in [0, 0.05) is 16.0 Å². The van der Waals surface area contributed by atoms with Crippen LogP contribution in [0, 0.1) is 0 Å². The molecule has 0 saturated heterocycles. The fraction of sp³-hybridized carbons (Fsp3) is 0. The van der Waals surface area contributed by atoms with E-state index in [2.05, 4.69) is 36.4 Å². The SMILES string of the molecule is Clc1ccc(-c2nc3c(ccc4ccccc43)s2)cc1. The number of hydrogen-bond acceptors (Lipinski definition) is 2. The van der Waals surface area contributed by atoms with E-state index in [1.54, 1.807) is 11.3 Å². The van der Waals surface area contributed by atoms with Gasteiger partial charge in [-0.15, -0.1) is 11.3 Å². The zero-order chi connectivity index (χ0) is 13.5. The highest BCUT2D eigenvalue weighted by atomic mass is 35.5. The van der Waals surface area contributed by atoms with Crippen LogP contribution in [0.3, 0.4) is 0 Å². The third-order valence-electron chi connectivity index (χ3n) is 3.37. The summed E-state index contributed by atoms with van der Waals surface area (Å²) in [7, 11) is 0. The van der Waals surface area contributed by atoms with Crippen LogP contribution >= 0.6 is 22.9 Å². The normalized spacial score (nSPS) is 11.2. The van der Waals surface area contributed by atoms with E-state index in [4.69, 9.17) is 16.6 Å². The molecule has 0 aliphatic rings. The second-order valence-electron chi connectivity index (χ2n) is 4.66. The molecule has 4 aromatic rings. The molecule has 0 fully saturated rings. The minimum atomic E-state index is 0.750. The van der Waals surface area contributed by atoms with Gasteiger partial charge in [-0.2, -0.15) is 0 Å². The fourth-order valence-electron chi connectivity index (χ4n) is 2.38. The van der Waals surface area contributed by atoms with Crippen molar-refractivity contribution in [2.24, 2.45) is 0 Å². The molecule has 1 aromatic heterocycles. The number of hydrogen-bond donors (Lipinski definition) is 0. The van der Waals surface area contributed by atoms with Crippen LogP contribution in [0.1, 0.15) is 0 Å². The summed E-state index contributed by atoms with van der Waals surface area (Å²) in [4.78, 5) is 4.82. The average Bonchev–Trinajstić information content (AvgIpc) is 2.92. The number of halogens is 1. The van der Waals surface area contributed by atoms with E-state index in [9.17, 15) is 0 Å². The van der Waals surface area contributed by atoms with Gasteiger partial charge in [-0.3, -0.25) is 0 Å². The molecule has 1 heterocycles. The van der Waals surface area contributed by atoms with Crippen molar-refractivity contribution >= 4 is 43.9 Å². The van der Waals surface area contributed by atoms with Crippen LogP contribution < -0.4 is 0 Å². The molecule has 20 heavy (non-hydrogen) atoms. The average molecular weight is 296 g/mol. The lowest BCUT2D eigenvalue weighted by Gasteiger charge is -1.97. The van der Waals surface area contributed by atoms with Gasteiger partial charge in [0.05, 0.1) is 10.2 Å². The Morgan fingerprint density at radius 1 is 0.850 bits per heavy atom. The van der Waals surface area contributed by atoms with Crippen LogP contribution in [0.2, 0.25) is 5.02 Å². The maximum Gasteiger partial charge on any atom is 0.124 e. The van der Waals surface area contributed by atoms with Crippen LogP contribution in [-0.4, -0.2) is 4.98 Å². The molecule has 0 atom stereocenters. The first-order valence-electron chi connectivity index (χ1n) is 6.35. The molecule has 3 aromatic carbocycles. The maximum absolute atomic E-state index is 5.94. The van der Waals surface area contributed by atoms with Gasteiger partial charge in [-0.05, 0) is 23.6 Å². The van der Waals surface area contributed by atoms with Crippen LogP contribution in [0.25, 0.3) is 31.6 Å². The van der Waals surface area contributed by atoms with Crippen LogP contribution in [-0.2, 0) is 0 Å². The predicted molar refractivity (Wildman–Crippen MR) is 87.6 cm³/mol. The second kappa shape index (κ2) is 4.58. The lowest BCUT2D eigenvalue weighted by Crippen LogP contribution is -1.77. The van der Waals surface area contributed by atoms with E-state index in [-0.39, 0.29) is 0 Å². The summed E-state index contributed by atoms with van der Waals surface area (Å²) in [6.45, 7) is 0. The van der Waals surface area contributed by atoms with Crippen molar-refractivity contribution in [3.05, 3.63) is 65.7 Å². The van der Waals surface area contributed by atoms with Gasteiger partial charge in [-0.1, -0.05) is 54.1 Å². The molecule has 0 N–H and O–H groups in total. The van der Waals surface area contributed by atoms with Crippen LogP contribution in [0.4, 0.5) is 0 Å². The van der Waals surface area contributed by atoms with Crippen molar-refractivity contribution in [3.63, 3.8) is 0 Å². The van der Waals surface area contributed by atoms with E-state index in [0.717, 1.165) is 21.1 Å². The van der Waals surface area contributed by atoms with Gasteiger partial charge in [0.15, 0.2) is 0 Å². The largest absolute Gasteiger partial charge is 0.235 e. The molecule has 0 unspecified atom stereocenters. The Labute approximate surface area is 125 Å².